The van der Waals surface area contributed by atoms with Crippen molar-refractivity contribution >= 4 is 0 Å². The van der Waals surface area contributed by atoms with Gasteiger partial charge in [0.05, 0.1) is 5.60 Å². The zero-order valence-electron chi connectivity index (χ0n) is 11.2. The van der Waals surface area contributed by atoms with Gasteiger partial charge in [-0.15, -0.1) is 0 Å². The molecule has 0 aliphatic heterocycles. The van der Waals surface area contributed by atoms with Crippen LogP contribution in [0.25, 0.3) is 0 Å². The van der Waals surface area contributed by atoms with Crippen LogP contribution in [0.2, 0.25) is 0 Å². The zero-order valence-corrected chi connectivity index (χ0v) is 11.2. The SMILES string of the molecule is C[C@H]1CCCC2=CC[C@@H](C(C)(C)O)C[C@@]21C. The van der Waals surface area contributed by atoms with Crippen LogP contribution in [0.15, 0.2) is 11.6 Å². The van der Waals surface area contributed by atoms with E-state index in [1.165, 1.54) is 25.7 Å². The Labute approximate surface area is 99.9 Å². The molecule has 1 N–H and O–H groups in total. The lowest BCUT2D eigenvalue weighted by molar-refractivity contribution is -0.0154. The summed E-state index contributed by atoms with van der Waals surface area (Å²) in [5, 5.41) is 10.2. The first-order valence-corrected chi connectivity index (χ1v) is 6.76. The summed E-state index contributed by atoms with van der Waals surface area (Å²) in [6.07, 6.45) is 8.67. The average Bonchev–Trinajstić information content (AvgIpc) is 2.17. The van der Waals surface area contributed by atoms with Crippen LogP contribution in [0.1, 0.15) is 59.8 Å². The Hall–Kier alpha value is -0.300. The van der Waals surface area contributed by atoms with Gasteiger partial charge in [0.1, 0.15) is 0 Å². The molecule has 3 atom stereocenters. The fourth-order valence-electron chi connectivity index (χ4n) is 3.60. The third kappa shape index (κ3) is 1.95. The first-order chi connectivity index (χ1) is 7.34. The Balaban J connectivity index is 2.25. The predicted octanol–water partition coefficient (Wildman–Crippen LogP) is 3.92. The predicted molar refractivity (Wildman–Crippen MR) is 68.2 cm³/mol. The molecule has 0 saturated heterocycles. The van der Waals surface area contributed by atoms with Crippen LogP contribution in [0.3, 0.4) is 0 Å². The standard InChI is InChI=1S/C15H26O/c1-11-6-5-7-12-8-9-13(14(2,3)16)10-15(11,12)4/h8,11,13,16H,5-7,9-10H2,1-4H3/t11-,13+,15+/m0/s1. The molecule has 0 bridgehead atoms. The van der Waals surface area contributed by atoms with Crippen molar-refractivity contribution in [3.05, 3.63) is 11.6 Å². The summed E-state index contributed by atoms with van der Waals surface area (Å²) in [6, 6.07) is 0. The average molecular weight is 222 g/mol. The molecule has 2 aliphatic carbocycles. The van der Waals surface area contributed by atoms with Gasteiger partial charge in [-0.25, -0.2) is 0 Å². The molecule has 16 heavy (non-hydrogen) atoms. The highest BCUT2D eigenvalue weighted by molar-refractivity contribution is 5.21. The molecule has 1 saturated carbocycles. The molecule has 0 heterocycles. The van der Waals surface area contributed by atoms with E-state index in [2.05, 4.69) is 19.9 Å². The van der Waals surface area contributed by atoms with E-state index in [1.54, 1.807) is 5.57 Å². The van der Waals surface area contributed by atoms with Gasteiger partial charge in [0, 0.05) is 0 Å². The molecule has 0 aromatic carbocycles. The summed E-state index contributed by atoms with van der Waals surface area (Å²) in [6.45, 7) is 8.74. The van der Waals surface area contributed by atoms with Crippen LogP contribution < -0.4 is 0 Å². The second-order valence-corrected chi connectivity index (χ2v) is 6.73. The van der Waals surface area contributed by atoms with Gasteiger partial charge in [0.25, 0.3) is 0 Å². The number of aliphatic hydroxyl groups is 1. The minimum absolute atomic E-state index is 0.362. The highest BCUT2D eigenvalue weighted by Crippen LogP contribution is 2.53. The van der Waals surface area contributed by atoms with E-state index >= 15 is 0 Å². The third-order valence-corrected chi connectivity index (χ3v) is 5.22. The molecular weight excluding hydrogens is 196 g/mol. The molecule has 2 aliphatic rings. The molecular formula is C15H26O. The quantitative estimate of drug-likeness (QED) is 0.667. The van der Waals surface area contributed by atoms with Crippen molar-refractivity contribution in [3.8, 4) is 0 Å². The lowest BCUT2D eigenvalue weighted by atomic mass is 9.57. The van der Waals surface area contributed by atoms with Crippen molar-refractivity contribution in [2.24, 2.45) is 17.3 Å². The first-order valence-electron chi connectivity index (χ1n) is 6.76. The van der Waals surface area contributed by atoms with Crippen LogP contribution in [0.5, 0.6) is 0 Å². The largest absolute Gasteiger partial charge is 0.390 e. The second kappa shape index (κ2) is 3.87. The number of hydrogen-bond donors (Lipinski definition) is 1. The number of allylic oxidation sites excluding steroid dienone is 2. The van der Waals surface area contributed by atoms with Crippen molar-refractivity contribution < 1.29 is 5.11 Å². The van der Waals surface area contributed by atoms with Crippen LogP contribution in [0, 0.1) is 17.3 Å². The fraction of sp³-hybridized carbons (Fsp3) is 0.867. The van der Waals surface area contributed by atoms with Crippen LogP contribution >= 0.6 is 0 Å². The molecule has 0 spiro atoms. The zero-order chi connectivity index (χ0) is 12.0. The van der Waals surface area contributed by atoms with E-state index in [4.69, 9.17) is 0 Å². The first kappa shape index (κ1) is 12.2. The van der Waals surface area contributed by atoms with Crippen molar-refractivity contribution in [3.63, 3.8) is 0 Å². The van der Waals surface area contributed by atoms with E-state index in [0.717, 1.165) is 12.3 Å². The molecule has 0 aromatic heterocycles. The minimum atomic E-state index is -0.526. The maximum Gasteiger partial charge on any atom is 0.0623 e. The van der Waals surface area contributed by atoms with Gasteiger partial charge >= 0.3 is 0 Å². The normalized spacial score (nSPS) is 40.2. The van der Waals surface area contributed by atoms with Gasteiger partial charge in [-0.05, 0) is 63.2 Å². The summed E-state index contributed by atoms with van der Waals surface area (Å²) in [5.41, 5.74) is 1.51. The maximum atomic E-state index is 10.2. The molecule has 2 rings (SSSR count). The van der Waals surface area contributed by atoms with E-state index in [0.29, 0.717) is 11.3 Å². The molecule has 1 heteroatoms. The van der Waals surface area contributed by atoms with Gasteiger partial charge in [-0.2, -0.15) is 0 Å². The fourth-order valence-corrected chi connectivity index (χ4v) is 3.60. The lowest BCUT2D eigenvalue weighted by Crippen LogP contribution is -2.42. The van der Waals surface area contributed by atoms with Gasteiger partial charge < -0.3 is 5.11 Å². The van der Waals surface area contributed by atoms with E-state index in [9.17, 15) is 5.11 Å². The van der Waals surface area contributed by atoms with Gasteiger partial charge in [0.2, 0.25) is 0 Å². The molecule has 1 nitrogen and oxygen atoms in total. The van der Waals surface area contributed by atoms with Gasteiger partial charge in [-0.3, -0.25) is 0 Å². The summed E-state index contributed by atoms with van der Waals surface area (Å²) >= 11 is 0. The molecule has 0 amide bonds. The number of fused-ring (bicyclic) bond motifs is 1. The van der Waals surface area contributed by atoms with Crippen molar-refractivity contribution in [2.45, 2.75) is 65.4 Å². The Bertz CT molecular complexity index is 297. The maximum absolute atomic E-state index is 10.2. The van der Waals surface area contributed by atoms with Crippen LogP contribution in [-0.4, -0.2) is 10.7 Å². The minimum Gasteiger partial charge on any atom is -0.390 e. The smallest absolute Gasteiger partial charge is 0.0623 e. The molecule has 1 fully saturated rings. The van der Waals surface area contributed by atoms with Crippen molar-refractivity contribution in [1.29, 1.82) is 0 Å². The molecule has 0 unspecified atom stereocenters. The second-order valence-electron chi connectivity index (χ2n) is 6.73. The number of rotatable bonds is 1. The van der Waals surface area contributed by atoms with Crippen molar-refractivity contribution in [2.75, 3.05) is 0 Å². The Morgan fingerprint density at radius 3 is 2.75 bits per heavy atom. The Kier molecular flexibility index (Phi) is 2.94. The number of hydrogen-bond acceptors (Lipinski definition) is 1. The van der Waals surface area contributed by atoms with Crippen LogP contribution in [-0.2, 0) is 0 Å². The van der Waals surface area contributed by atoms with Gasteiger partial charge in [0.15, 0.2) is 0 Å². The van der Waals surface area contributed by atoms with Crippen molar-refractivity contribution in [1.82, 2.24) is 0 Å². The summed E-state index contributed by atoms with van der Waals surface area (Å²) in [7, 11) is 0. The van der Waals surface area contributed by atoms with E-state index < -0.39 is 5.60 Å². The molecule has 92 valence electrons. The molecule has 0 aromatic rings. The summed E-state index contributed by atoms with van der Waals surface area (Å²) < 4.78 is 0. The van der Waals surface area contributed by atoms with E-state index in [1.807, 2.05) is 13.8 Å². The van der Waals surface area contributed by atoms with Crippen LogP contribution in [0.4, 0.5) is 0 Å². The highest BCUT2D eigenvalue weighted by atomic mass is 16.3. The lowest BCUT2D eigenvalue weighted by Gasteiger charge is -2.49. The molecule has 0 radical (unpaired) electrons. The summed E-state index contributed by atoms with van der Waals surface area (Å²) in [4.78, 5) is 0. The summed E-state index contributed by atoms with van der Waals surface area (Å²) in [5.74, 6) is 1.21. The Morgan fingerprint density at radius 1 is 1.44 bits per heavy atom. The highest BCUT2D eigenvalue weighted by Gasteiger charge is 2.44. The van der Waals surface area contributed by atoms with Gasteiger partial charge in [-0.1, -0.05) is 25.5 Å². The Morgan fingerprint density at radius 2 is 2.12 bits per heavy atom. The monoisotopic (exact) mass is 222 g/mol. The third-order valence-electron chi connectivity index (χ3n) is 5.22. The van der Waals surface area contributed by atoms with E-state index in [-0.39, 0.29) is 0 Å². The topological polar surface area (TPSA) is 20.2 Å².